The van der Waals surface area contributed by atoms with Crippen LogP contribution in [0.15, 0.2) is 24.3 Å². The monoisotopic (exact) mass is 363 g/mol. The predicted octanol–water partition coefficient (Wildman–Crippen LogP) is 2.29. The van der Waals surface area contributed by atoms with Gasteiger partial charge in [-0.3, -0.25) is 4.90 Å². The fourth-order valence-corrected chi connectivity index (χ4v) is 3.22. The molecule has 2 N–H and O–H groups in total. The Kier molecular flexibility index (Phi) is 6.84. The van der Waals surface area contributed by atoms with Crippen molar-refractivity contribution in [3.05, 3.63) is 29.8 Å². The molecule has 1 aromatic carbocycles. The van der Waals surface area contributed by atoms with Crippen molar-refractivity contribution in [2.45, 2.75) is 13.0 Å². The minimum absolute atomic E-state index is 0.667. The van der Waals surface area contributed by atoms with Gasteiger partial charge in [0.2, 0.25) is 0 Å². The largest absolute Gasteiger partial charge is 0.494 e. The van der Waals surface area contributed by atoms with Crippen molar-refractivity contribution in [2.24, 2.45) is 0 Å². The maximum atomic E-state index is 5.88. The van der Waals surface area contributed by atoms with Gasteiger partial charge in [0.15, 0.2) is 11.6 Å². The number of aromatic nitrogens is 2. The number of hydrogen-bond acceptors (Lipinski definition) is 8. The smallest absolute Gasteiger partial charge is 0.184 e. The summed E-state index contributed by atoms with van der Waals surface area (Å²) in [6.07, 6.45) is 0.897. The van der Waals surface area contributed by atoms with E-state index < -0.39 is 0 Å². The summed E-state index contributed by atoms with van der Waals surface area (Å²) in [6.45, 7) is 6.06. The Morgan fingerprint density at radius 3 is 2.92 bits per heavy atom. The number of morpholine rings is 1. The Morgan fingerprint density at radius 2 is 2.08 bits per heavy atom. The highest BCUT2D eigenvalue weighted by molar-refractivity contribution is 6.99. The Labute approximate surface area is 152 Å². The second-order valence-electron chi connectivity index (χ2n) is 5.88. The number of nitrogens with zero attached hydrogens (tertiary/aromatic N) is 3. The van der Waals surface area contributed by atoms with Crippen LogP contribution >= 0.6 is 11.7 Å². The van der Waals surface area contributed by atoms with Crippen molar-refractivity contribution < 1.29 is 9.47 Å². The summed E-state index contributed by atoms with van der Waals surface area (Å²) in [5.41, 5.74) is 1.28. The van der Waals surface area contributed by atoms with Crippen LogP contribution in [-0.4, -0.2) is 60.1 Å². The number of rotatable bonds is 9. The van der Waals surface area contributed by atoms with Gasteiger partial charge in [-0.05, 0) is 24.1 Å². The molecule has 0 amide bonds. The Bertz CT molecular complexity index is 645. The van der Waals surface area contributed by atoms with E-state index >= 15 is 0 Å². The summed E-state index contributed by atoms with van der Waals surface area (Å²) in [5.74, 6) is 2.53. The molecule has 1 aromatic heterocycles. The van der Waals surface area contributed by atoms with Crippen molar-refractivity contribution in [3.63, 3.8) is 0 Å². The van der Waals surface area contributed by atoms with E-state index in [1.54, 1.807) is 0 Å². The lowest BCUT2D eigenvalue weighted by Crippen LogP contribution is -2.35. The molecule has 0 atom stereocenters. The molecule has 0 saturated carbocycles. The van der Waals surface area contributed by atoms with Gasteiger partial charge in [-0.25, -0.2) is 0 Å². The molecule has 3 rings (SSSR count). The summed E-state index contributed by atoms with van der Waals surface area (Å²) in [4.78, 5) is 2.41. The molecule has 1 aliphatic rings. The van der Waals surface area contributed by atoms with Crippen LogP contribution in [0.5, 0.6) is 5.75 Å². The number of anilines is 2. The molecule has 0 bridgehead atoms. The molecule has 25 heavy (non-hydrogen) atoms. The van der Waals surface area contributed by atoms with Crippen molar-refractivity contribution >= 4 is 23.4 Å². The molecule has 7 nitrogen and oxygen atoms in total. The zero-order chi connectivity index (χ0) is 17.3. The minimum Gasteiger partial charge on any atom is -0.494 e. The fraction of sp³-hybridized carbons (Fsp3) is 0.529. The summed E-state index contributed by atoms with van der Waals surface area (Å²) >= 11 is 1.20. The highest BCUT2D eigenvalue weighted by Gasteiger charge is 2.11. The molecule has 0 radical (unpaired) electrons. The van der Waals surface area contributed by atoms with E-state index in [1.165, 1.54) is 17.3 Å². The van der Waals surface area contributed by atoms with Gasteiger partial charge in [-0.1, -0.05) is 12.1 Å². The second-order valence-corrected chi connectivity index (χ2v) is 6.40. The van der Waals surface area contributed by atoms with E-state index in [4.69, 9.17) is 9.47 Å². The van der Waals surface area contributed by atoms with Gasteiger partial charge in [0, 0.05) is 33.2 Å². The Morgan fingerprint density at radius 1 is 1.24 bits per heavy atom. The van der Waals surface area contributed by atoms with Crippen molar-refractivity contribution in [1.82, 2.24) is 13.6 Å². The first-order valence-corrected chi connectivity index (χ1v) is 9.34. The van der Waals surface area contributed by atoms with Gasteiger partial charge in [0.05, 0.1) is 31.5 Å². The number of ether oxygens (including phenoxy) is 2. The Hall–Kier alpha value is -1.90. The molecule has 2 heterocycles. The van der Waals surface area contributed by atoms with Crippen LogP contribution in [0.3, 0.4) is 0 Å². The molecular formula is C17H25N5O2S. The normalized spacial score (nSPS) is 15.1. The third kappa shape index (κ3) is 5.55. The minimum atomic E-state index is 0.667. The van der Waals surface area contributed by atoms with Crippen molar-refractivity contribution in [2.75, 3.05) is 57.1 Å². The molecule has 1 aliphatic heterocycles. The molecule has 0 spiro atoms. The molecule has 1 fully saturated rings. The number of nitrogens with one attached hydrogen (secondary N) is 2. The van der Waals surface area contributed by atoms with Gasteiger partial charge in [0.25, 0.3) is 0 Å². The molecule has 2 aromatic rings. The first kappa shape index (κ1) is 17.9. The van der Waals surface area contributed by atoms with E-state index in [2.05, 4.69) is 42.5 Å². The van der Waals surface area contributed by atoms with Crippen LogP contribution in [0.2, 0.25) is 0 Å². The molecule has 136 valence electrons. The molecule has 0 unspecified atom stereocenters. The SMILES string of the molecule is CNc1nsnc1NCCCOc1cccc(CN2CCOCC2)c1. The van der Waals surface area contributed by atoms with Gasteiger partial charge >= 0.3 is 0 Å². The molecule has 8 heteroatoms. The fourth-order valence-electron chi connectivity index (χ4n) is 2.69. The molecule has 1 saturated heterocycles. The third-order valence-corrected chi connectivity index (χ3v) is 4.54. The predicted molar refractivity (Wildman–Crippen MR) is 101 cm³/mol. The van der Waals surface area contributed by atoms with Crippen LogP contribution in [0.1, 0.15) is 12.0 Å². The summed E-state index contributed by atoms with van der Waals surface area (Å²) in [6, 6.07) is 8.36. The number of benzene rings is 1. The second kappa shape index (κ2) is 9.55. The first-order chi connectivity index (χ1) is 12.3. The zero-order valence-electron chi connectivity index (χ0n) is 14.5. The topological polar surface area (TPSA) is 71.5 Å². The quantitative estimate of drug-likeness (QED) is 0.662. The maximum Gasteiger partial charge on any atom is 0.184 e. The van der Waals surface area contributed by atoms with E-state index in [0.717, 1.165) is 63.2 Å². The lowest BCUT2D eigenvalue weighted by molar-refractivity contribution is 0.0341. The van der Waals surface area contributed by atoms with Crippen LogP contribution in [0, 0.1) is 0 Å². The van der Waals surface area contributed by atoms with E-state index in [0.29, 0.717) is 6.61 Å². The van der Waals surface area contributed by atoms with Crippen molar-refractivity contribution in [3.8, 4) is 5.75 Å². The zero-order valence-corrected chi connectivity index (χ0v) is 15.3. The van der Waals surface area contributed by atoms with E-state index in [-0.39, 0.29) is 0 Å². The van der Waals surface area contributed by atoms with Crippen LogP contribution in [-0.2, 0) is 11.3 Å². The van der Waals surface area contributed by atoms with Gasteiger partial charge in [-0.15, -0.1) is 0 Å². The summed E-state index contributed by atoms with van der Waals surface area (Å²) in [7, 11) is 1.84. The summed E-state index contributed by atoms with van der Waals surface area (Å²) in [5, 5.41) is 6.29. The van der Waals surface area contributed by atoms with E-state index in [9.17, 15) is 0 Å². The lowest BCUT2D eigenvalue weighted by atomic mass is 10.2. The lowest BCUT2D eigenvalue weighted by Gasteiger charge is -2.26. The molecular weight excluding hydrogens is 338 g/mol. The van der Waals surface area contributed by atoms with Crippen LogP contribution < -0.4 is 15.4 Å². The van der Waals surface area contributed by atoms with E-state index in [1.807, 2.05) is 13.1 Å². The average Bonchev–Trinajstić information content (AvgIpc) is 3.10. The maximum absolute atomic E-state index is 5.88. The Balaban J connectivity index is 1.38. The third-order valence-electron chi connectivity index (χ3n) is 4.02. The molecule has 0 aliphatic carbocycles. The highest BCUT2D eigenvalue weighted by atomic mass is 32.1. The highest BCUT2D eigenvalue weighted by Crippen LogP contribution is 2.18. The van der Waals surface area contributed by atoms with Gasteiger partial charge in [-0.2, -0.15) is 8.75 Å². The van der Waals surface area contributed by atoms with Crippen LogP contribution in [0.25, 0.3) is 0 Å². The van der Waals surface area contributed by atoms with Gasteiger partial charge < -0.3 is 20.1 Å². The van der Waals surface area contributed by atoms with Gasteiger partial charge in [0.1, 0.15) is 5.75 Å². The summed E-state index contributed by atoms with van der Waals surface area (Å²) < 4.78 is 19.6. The van der Waals surface area contributed by atoms with Crippen LogP contribution in [0.4, 0.5) is 11.6 Å². The number of hydrogen-bond donors (Lipinski definition) is 2. The first-order valence-electron chi connectivity index (χ1n) is 8.61. The standard InChI is InChI=1S/C17H25N5O2S/c1-18-16-17(21-25-20-16)19-6-3-9-24-15-5-2-4-14(12-15)13-22-7-10-23-11-8-22/h2,4-5,12H,3,6-11,13H2,1H3,(H,18,20)(H,19,21). The average molecular weight is 363 g/mol. The van der Waals surface area contributed by atoms with Crippen molar-refractivity contribution in [1.29, 1.82) is 0 Å².